The fourth-order valence-corrected chi connectivity index (χ4v) is 4.94. The summed E-state index contributed by atoms with van der Waals surface area (Å²) < 4.78 is 27.1. The van der Waals surface area contributed by atoms with Crippen LogP contribution in [-0.4, -0.2) is 50.1 Å². The SMILES string of the molecule is CC1CCN(S(=O)(=O)c2ccc(C(=O)CN(C)Cc3ccccc3)cc2)CC1. The molecule has 0 aliphatic carbocycles. The van der Waals surface area contributed by atoms with Gasteiger partial charge in [0.05, 0.1) is 11.4 Å². The number of sulfonamides is 1. The maximum Gasteiger partial charge on any atom is 0.243 e. The van der Waals surface area contributed by atoms with Crippen LogP contribution in [-0.2, 0) is 16.6 Å². The van der Waals surface area contributed by atoms with E-state index in [0.29, 0.717) is 31.1 Å². The minimum Gasteiger partial charge on any atom is -0.295 e. The summed E-state index contributed by atoms with van der Waals surface area (Å²) in [4.78, 5) is 14.8. The fraction of sp³-hybridized carbons (Fsp3) is 0.409. The molecule has 28 heavy (non-hydrogen) atoms. The van der Waals surface area contributed by atoms with E-state index in [1.165, 1.54) is 0 Å². The van der Waals surface area contributed by atoms with Crippen molar-refractivity contribution in [3.8, 4) is 0 Å². The molecule has 0 radical (unpaired) electrons. The first-order valence-electron chi connectivity index (χ1n) is 9.72. The smallest absolute Gasteiger partial charge is 0.243 e. The van der Waals surface area contributed by atoms with Crippen molar-refractivity contribution in [1.82, 2.24) is 9.21 Å². The monoisotopic (exact) mass is 400 g/mol. The standard InChI is InChI=1S/C22H28N2O3S/c1-18-12-14-24(15-13-18)28(26,27)21-10-8-20(9-11-21)22(25)17-23(2)16-19-6-4-3-5-7-19/h3-11,18H,12-17H2,1-2H3. The van der Waals surface area contributed by atoms with E-state index in [2.05, 4.69) is 6.92 Å². The van der Waals surface area contributed by atoms with Crippen molar-refractivity contribution in [2.24, 2.45) is 5.92 Å². The van der Waals surface area contributed by atoms with Crippen molar-refractivity contribution in [3.63, 3.8) is 0 Å². The van der Waals surface area contributed by atoms with Gasteiger partial charge in [0, 0.05) is 25.2 Å². The van der Waals surface area contributed by atoms with Crippen LogP contribution in [0.3, 0.4) is 0 Å². The highest BCUT2D eigenvalue weighted by Crippen LogP contribution is 2.23. The molecule has 2 aromatic rings. The Morgan fingerprint density at radius 1 is 1.04 bits per heavy atom. The van der Waals surface area contributed by atoms with E-state index in [9.17, 15) is 13.2 Å². The molecular weight excluding hydrogens is 372 g/mol. The first-order valence-corrected chi connectivity index (χ1v) is 11.2. The third kappa shape index (κ3) is 5.07. The molecule has 1 heterocycles. The zero-order valence-corrected chi connectivity index (χ0v) is 17.4. The van der Waals surface area contributed by atoms with Gasteiger partial charge in [-0.1, -0.05) is 49.4 Å². The predicted octanol–water partition coefficient (Wildman–Crippen LogP) is 3.42. The third-order valence-electron chi connectivity index (χ3n) is 5.27. The van der Waals surface area contributed by atoms with Crippen molar-refractivity contribution < 1.29 is 13.2 Å². The van der Waals surface area contributed by atoms with E-state index in [1.807, 2.05) is 42.3 Å². The van der Waals surface area contributed by atoms with E-state index >= 15 is 0 Å². The van der Waals surface area contributed by atoms with Gasteiger partial charge in [-0.2, -0.15) is 4.31 Å². The van der Waals surface area contributed by atoms with Gasteiger partial charge in [0.15, 0.2) is 5.78 Å². The van der Waals surface area contributed by atoms with Gasteiger partial charge < -0.3 is 0 Å². The Morgan fingerprint density at radius 2 is 1.64 bits per heavy atom. The van der Waals surface area contributed by atoms with E-state index < -0.39 is 10.0 Å². The largest absolute Gasteiger partial charge is 0.295 e. The first kappa shape index (κ1) is 20.7. The zero-order valence-electron chi connectivity index (χ0n) is 16.5. The molecule has 1 saturated heterocycles. The minimum absolute atomic E-state index is 0.0193. The number of nitrogens with zero attached hydrogens (tertiary/aromatic N) is 2. The van der Waals surface area contributed by atoms with Crippen LogP contribution in [0.25, 0.3) is 0 Å². The van der Waals surface area contributed by atoms with E-state index in [-0.39, 0.29) is 17.2 Å². The van der Waals surface area contributed by atoms with E-state index in [1.54, 1.807) is 28.6 Å². The molecular formula is C22H28N2O3S. The summed E-state index contributed by atoms with van der Waals surface area (Å²) in [5.41, 5.74) is 1.68. The van der Waals surface area contributed by atoms with Crippen LogP contribution in [0.2, 0.25) is 0 Å². The second kappa shape index (κ2) is 8.99. The highest BCUT2D eigenvalue weighted by Gasteiger charge is 2.28. The molecule has 5 nitrogen and oxygen atoms in total. The maximum absolute atomic E-state index is 12.8. The van der Waals surface area contributed by atoms with E-state index in [4.69, 9.17) is 0 Å². The van der Waals surface area contributed by atoms with Gasteiger partial charge in [0.2, 0.25) is 10.0 Å². The average molecular weight is 401 g/mol. The summed E-state index contributed by atoms with van der Waals surface area (Å²) in [5.74, 6) is 0.550. The summed E-state index contributed by atoms with van der Waals surface area (Å²) in [6.07, 6.45) is 1.78. The van der Waals surface area contributed by atoms with Gasteiger partial charge in [0.25, 0.3) is 0 Å². The Bertz CT molecular complexity index is 887. The molecule has 1 aliphatic rings. The van der Waals surface area contributed by atoms with Crippen LogP contribution in [0.1, 0.15) is 35.7 Å². The van der Waals surface area contributed by atoms with Gasteiger partial charge in [-0.15, -0.1) is 0 Å². The minimum atomic E-state index is -3.48. The number of carbonyl (C=O) groups excluding carboxylic acids is 1. The van der Waals surface area contributed by atoms with Gasteiger partial charge in [-0.05, 0) is 43.5 Å². The van der Waals surface area contributed by atoms with Crippen LogP contribution < -0.4 is 0 Å². The van der Waals surface area contributed by atoms with E-state index in [0.717, 1.165) is 18.4 Å². The molecule has 1 aliphatic heterocycles. The zero-order chi connectivity index (χ0) is 20.1. The highest BCUT2D eigenvalue weighted by molar-refractivity contribution is 7.89. The van der Waals surface area contributed by atoms with Crippen LogP contribution in [0.5, 0.6) is 0 Å². The number of rotatable bonds is 7. The molecule has 0 aromatic heterocycles. The van der Waals surface area contributed by atoms with Crippen molar-refractivity contribution in [2.75, 3.05) is 26.7 Å². The van der Waals surface area contributed by atoms with Crippen LogP contribution in [0.15, 0.2) is 59.5 Å². The Hall–Kier alpha value is -2.02. The lowest BCUT2D eigenvalue weighted by atomic mass is 10.0. The highest BCUT2D eigenvalue weighted by atomic mass is 32.2. The molecule has 0 bridgehead atoms. The lowest BCUT2D eigenvalue weighted by Crippen LogP contribution is -2.37. The molecule has 6 heteroatoms. The number of carbonyl (C=O) groups is 1. The van der Waals surface area contributed by atoms with Crippen LogP contribution >= 0.6 is 0 Å². The van der Waals surface area contributed by atoms with Crippen LogP contribution in [0.4, 0.5) is 0 Å². The maximum atomic E-state index is 12.8. The number of piperidine rings is 1. The number of ketones is 1. The number of likely N-dealkylation sites (N-methyl/N-ethyl adjacent to an activating group) is 1. The average Bonchev–Trinajstić information content (AvgIpc) is 2.69. The number of hydrogen-bond donors (Lipinski definition) is 0. The van der Waals surface area contributed by atoms with Gasteiger partial charge in [-0.3, -0.25) is 9.69 Å². The number of Topliss-reactive ketones (excluding diaryl/α,β-unsaturated/α-hetero) is 1. The van der Waals surface area contributed by atoms with Crippen molar-refractivity contribution >= 4 is 15.8 Å². The van der Waals surface area contributed by atoms with Gasteiger partial charge >= 0.3 is 0 Å². The van der Waals surface area contributed by atoms with Gasteiger partial charge in [0.1, 0.15) is 0 Å². The summed E-state index contributed by atoms with van der Waals surface area (Å²) >= 11 is 0. The molecule has 0 unspecified atom stereocenters. The second-order valence-electron chi connectivity index (χ2n) is 7.69. The topological polar surface area (TPSA) is 57.7 Å². The Kier molecular flexibility index (Phi) is 6.65. The molecule has 0 amide bonds. The van der Waals surface area contributed by atoms with Crippen molar-refractivity contribution in [1.29, 1.82) is 0 Å². The normalized spacial score (nSPS) is 16.4. The molecule has 0 spiro atoms. The second-order valence-corrected chi connectivity index (χ2v) is 9.63. The molecule has 0 N–H and O–H groups in total. The Morgan fingerprint density at radius 3 is 2.25 bits per heavy atom. The van der Waals surface area contributed by atoms with Crippen LogP contribution in [0, 0.1) is 5.92 Å². The van der Waals surface area contributed by atoms with Gasteiger partial charge in [-0.25, -0.2) is 8.42 Å². The molecule has 0 atom stereocenters. The molecule has 3 rings (SSSR count). The molecule has 150 valence electrons. The third-order valence-corrected chi connectivity index (χ3v) is 7.18. The number of hydrogen-bond acceptors (Lipinski definition) is 4. The summed E-state index contributed by atoms with van der Waals surface area (Å²) in [5, 5.41) is 0. The lowest BCUT2D eigenvalue weighted by molar-refractivity contribution is 0.0943. The Labute approximate surface area is 168 Å². The lowest BCUT2D eigenvalue weighted by Gasteiger charge is -2.29. The summed E-state index contributed by atoms with van der Waals surface area (Å²) in [6.45, 7) is 4.25. The Balaban J connectivity index is 1.62. The molecule has 2 aromatic carbocycles. The summed E-state index contributed by atoms with van der Waals surface area (Å²) in [6, 6.07) is 16.3. The molecule has 1 fully saturated rings. The fourth-order valence-electron chi connectivity index (χ4n) is 3.47. The quantitative estimate of drug-likeness (QED) is 0.668. The number of benzene rings is 2. The molecule has 0 saturated carbocycles. The van der Waals surface area contributed by atoms with Crippen molar-refractivity contribution in [3.05, 3.63) is 65.7 Å². The van der Waals surface area contributed by atoms with Crippen molar-refractivity contribution in [2.45, 2.75) is 31.2 Å². The first-order chi connectivity index (χ1) is 13.4. The summed E-state index contributed by atoms with van der Waals surface area (Å²) in [7, 11) is -1.58. The predicted molar refractivity (Wildman–Crippen MR) is 111 cm³/mol.